The van der Waals surface area contributed by atoms with Gasteiger partial charge in [0.25, 0.3) is 5.91 Å². The molecule has 1 saturated heterocycles. The Balaban J connectivity index is 1.99. The van der Waals surface area contributed by atoms with Crippen LogP contribution < -0.4 is 9.47 Å². The van der Waals surface area contributed by atoms with E-state index in [1.807, 2.05) is 18.2 Å². The highest BCUT2D eigenvalue weighted by atomic mass is 32.2. The van der Waals surface area contributed by atoms with E-state index in [4.69, 9.17) is 26.8 Å². The van der Waals surface area contributed by atoms with E-state index in [0.29, 0.717) is 33.7 Å². The summed E-state index contributed by atoms with van der Waals surface area (Å²) in [5.74, 6) is 0.230. The summed E-state index contributed by atoms with van der Waals surface area (Å²) in [6.45, 7) is 4.59. The maximum absolute atomic E-state index is 12.7. The first-order chi connectivity index (χ1) is 15.3. The minimum atomic E-state index is -0.883. The number of amides is 1. The van der Waals surface area contributed by atoms with Crippen LogP contribution in [0.25, 0.3) is 6.08 Å². The number of thioether (sulfide) groups is 1. The second-order valence-corrected chi connectivity index (χ2v) is 9.55. The highest BCUT2D eigenvalue weighted by Crippen LogP contribution is 2.35. The van der Waals surface area contributed by atoms with Gasteiger partial charge in [0.15, 0.2) is 11.5 Å². The van der Waals surface area contributed by atoms with Crippen LogP contribution in [0.5, 0.6) is 11.5 Å². The number of rotatable bonds is 14. The van der Waals surface area contributed by atoms with E-state index in [9.17, 15) is 9.59 Å². The molecule has 176 valence electrons. The van der Waals surface area contributed by atoms with Crippen LogP contribution in [-0.4, -0.2) is 46.0 Å². The molecule has 0 bridgehead atoms. The van der Waals surface area contributed by atoms with Crippen LogP contribution in [0.1, 0.15) is 70.8 Å². The van der Waals surface area contributed by atoms with Crippen molar-refractivity contribution in [3.05, 3.63) is 28.7 Å². The third-order valence-electron chi connectivity index (χ3n) is 5.17. The fraction of sp³-hybridized carbons (Fsp3) is 0.542. The first-order valence-corrected chi connectivity index (χ1v) is 12.4. The van der Waals surface area contributed by atoms with Crippen molar-refractivity contribution in [3.63, 3.8) is 0 Å². The van der Waals surface area contributed by atoms with Crippen LogP contribution in [0.4, 0.5) is 0 Å². The quantitative estimate of drug-likeness (QED) is 0.203. The fourth-order valence-electron chi connectivity index (χ4n) is 3.41. The molecule has 1 heterocycles. The molecule has 0 spiro atoms. The first-order valence-electron chi connectivity index (χ1n) is 11.2. The van der Waals surface area contributed by atoms with Gasteiger partial charge in [-0.2, -0.15) is 0 Å². The summed E-state index contributed by atoms with van der Waals surface area (Å²) in [6.07, 6.45) is 9.42. The maximum atomic E-state index is 12.7. The summed E-state index contributed by atoms with van der Waals surface area (Å²) in [7, 11) is 1.60. The first kappa shape index (κ1) is 26.2. The van der Waals surface area contributed by atoms with Crippen LogP contribution in [0.3, 0.4) is 0 Å². The summed E-state index contributed by atoms with van der Waals surface area (Å²) in [4.78, 5) is 25.4. The van der Waals surface area contributed by atoms with Crippen molar-refractivity contribution in [2.75, 3.05) is 13.7 Å². The SMILES string of the molecule is CCCCCCCC(C)Oc1ccc(C=C2SC(=S)N(CCCC(=O)O)C2=O)cc1OC. The molecule has 1 aliphatic heterocycles. The normalized spacial score (nSPS) is 16.0. The average molecular weight is 480 g/mol. The number of nitrogens with zero attached hydrogens (tertiary/aromatic N) is 1. The van der Waals surface area contributed by atoms with E-state index in [2.05, 4.69) is 13.8 Å². The number of carboxylic acids is 1. The third kappa shape index (κ3) is 8.13. The molecule has 1 fully saturated rings. The lowest BCUT2D eigenvalue weighted by molar-refractivity contribution is -0.137. The van der Waals surface area contributed by atoms with E-state index >= 15 is 0 Å². The molecule has 0 aliphatic carbocycles. The Bertz CT molecular complexity index is 840. The molecule has 1 unspecified atom stereocenters. The van der Waals surface area contributed by atoms with E-state index in [1.54, 1.807) is 13.2 Å². The van der Waals surface area contributed by atoms with Gasteiger partial charge in [0.2, 0.25) is 0 Å². The van der Waals surface area contributed by atoms with Gasteiger partial charge >= 0.3 is 5.97 Å². The molecule has 1 aliphatic rings. The molecule has 1 aromatic carbocycles. The number of ether oxygens (including phenoxy) is 2. The third-order valence-corrected chi connectivity index (χ3v) is 6.55. The zero-order valence-corrected chi connectivity index (χ0v) is 20.7. The Morgan fingerprint density at radius 3 is 2.66 bits per heavy atom. The van der Waals surface area contributed by atoms with Gasteiger partial charge in [-0.3, -0.25) is 14.5 Å². The molecule has 6 nitrogen and oxygen atoms in total. The Hall–Kier alpha value is -2.06. The largest absolute Gasteiger partial charge is 0.493 e. The van der Waals surface area contributed by atoms with Crippen LogP contribution in [0.15, 0.2) is 23.1 Å². The number of hydrogen-bond acceptors (Lipinski definition) is 6. The van der Waals surface area contributed by atoms with Gasteiger partial charge in [0.1, 0.15) is 4.32 Å². The Morgan fingerprint density at radius 1 is 1.22 bits per heavy atom. The van der Waals surface area contributed by atoms with Crippen molar-refractivity contribution in [1.29, 1.82) is 0 Å². The van der Waals surface area contributed by atoms with Crippen molar-refractivity contribution in [1.82, 2.24) is 4.90 Å². The van der Waals surface area contributed by atoms with Crippen molar-refractivity contribution < 1.29 is 24.2 Å². The number of unbranched alkanes of at least 4 members (excludes halogenated alkanes) is 4. The Labute approximate surface area is 200 Å². The smallest absolute Gasteiger partial charge is 0.303 e. The van der Waals surface area contributed by atoms with Crippen LogP contribution in [0.2, 0.25) is 0 Å². The molecule has 8 heteroatoms. The second kappa shape index (κ2) is 13.5. The summed E-state index contributed by atoms with van der Waals surface area (Å²) in [5, 5.41) is 8.79. The van der Waals surface area contributed by atoms with Gasteiger partial charge in [-0.05, 0) is 50.0 Å². The van der Waals surface area contributed by atoms with Gasteiger partial charge in [0.05, 0.1) is 18.1 Å². The lowest BCUT2D eigenvalue weighted by Gasteiger charge is -2.17. The van der Waals surface area contributed by atoms with Crippen molar-refractivity contribution in [2.24, 2.45) is 0 Å². The van der Waals surface area contributed by atoms with E-state index in [1.165, 1.54) is 42.3 Å². The zero-order valence-electron chi connectivity index (χ0n) is 19.1. The summed E-state index contributed by atoms with van der Waals surface area (Å²) < 4.78 is 12.1. The van der Waals surface area contributed by atoms with Crippen LogP contribution in [-0.2, 0) is 9.59 Å². The maximum Gasteiger partial charge on any atom is 0.303 e. The Kier molecular flexibility index (Phi) is 11.0. The van der Waals surface area contributed by atoms with Crippen LogP contribution in [0, 0.1) is 0 Å². The highest BCUT2D eigenvalue weighted by Gasteiger charge is 2.31. The minimum absolute atomic E-state index is 0.00588. The van der Waals surface area contributed by atoms with E-state index in [-0.39, 0.29) is 18.4 Å². The highest BCUT2D eigenvalue weighted by molar-refractivity contribution is 8.26. The van der Waals surface area contributed by atoms with Gasteiger partial charge < -0.3 is 14.6 Å². The van der Waals surface area contributed by atoms with E-state index < -0.39 is 5.97 Å². The summed E-state index contributed by atoms with van der Waals surface area (Å²) in [6, 6.07) is 5.61. The molecular weight excluding hydrogens is 446 g/mol. The number of thiocarbonyl (C=S) groups is 1. The van der Waals surface area contributed by atoms with Gasteiger partial charge in [-0.1, -0.05) is 62.7 Å². The molecule has 0 saturated carbocycles. The lowest BCUT2D eigenvalue weighted by Crippen LogP contribution is -2.29. The molecule has 0 aromatic heterocycles. The molecule has 1 N–H and O–H groups in total. The van der Waals surface area contributed by atoms with E-state index in [0.717, 1.165) is 18.4 Å². The molecule has 32 heavy (non-hydrogen) atoms. The predicted molar refractivity (Wildman–Crippen MR) is 133 cm³/mol. The van der Waals surface area contributed by atoms with Gasteiger partial charge in [-0.25, -0.2) is 0 Å². The number of carboxylic acid groups (broad SMARTS) is 1. The predicted octanol–water partition coefficient (Wildman–Crippen LogP) is 5.89. The molecule has 2 rings (SSSR count). The molecule has 1 aromatic rings. The van der Waals surface area contributed by atoms with Crippen molar-refractivity contribution in [2.45, 2.75) is 71.3 Å². The van der Waals surface area contributed by atoms with Crippen molar-refractivity contribution >= 4 is 46.3 Å². The standard InChI is InChI=1S/C24H33NO5S2/c1-4-5-6-7-8-10-17(2)30-19-13-12-18(15-20(19)29-3)16-21-23(28)25(24(31)32-21)14-9-11-22(26)27/h12-13,15-17H,4-11,14H2,1-3H3,(H,26,27). The topological polar surface area (TPSA) is 76.1 Å². The summed E-state index contributed by atoms with van der Waals surface area (Å²) in [5.41, 5.74) is 0.812. The fourth-order valence-corrected chi connectivity index (χ4v) is 4.72. The minimum Gasteiger partial charge on any atom is -0.493 e. The number of methoxy groups -OCH3 is 1. The van der Waals surface area contributed by atoms with Crippen molar-refractivity contribution in [3.8, 4) is 11.5 Å². The second-order valence-electron chi connectivity index (χ2n) is 7.87. The Morgan fingerprint density at radius 2 is 1.97 bits per heavy atom. The molecule has 0 radical (unpaired) electrons. The van der Waals surface area contributed by atoms with Crippen LogP contribution >= 0.6 is 24.0 Å². The number of carbonyl (C=O) groups is 2. The lowest BCUT2D eigenvalue weighted by atomic mass is 10.1. The number of aliphatic carboxylic acids is 1. The average Bonchev–Trinajstić information content (AvgIpc) is 3.01. The molecule has 1 atom stereocenters. The summed E-state index contributed by atoms with van der Waals surface area (Å²) >= 11 is 6.53. The molecule has 1 amide bonds. The number of benzene rings is 1. The molecular formula is C24H33NO5S2. The van der Waals surface area contributed by atoms with Gasteiger partial charge in [-0.15, -0.1) is 0 Å². The monoisotopic (exact) mass is 479 g/mol. The number of hydrogen-bond donors (Lipinski definition) is 1. The zero-order chi connectivity index (χ0) is 23.5. The number of carbonyl (C=O) groups excluding carboxylic acids is 1. The van der Waals surface area contributed by atoms with Gasteiger partial charge in [0, 0.05) is 13.0 Å².